The lowest BCUT2D eigenvalue weighted by Gasteiger charge is -2.21. The lowest BCUT2D eigenvalue weighted by molar-refractivity contribution is 0.130. The molecule has 0 saturated carbocycles. The molecule has 0 aliphatic carbocycles. The molecule has 0 amide bonds. The highest BCUT2D eigenvalue weighted by Crippen LogP contribution is 2.24. The van der Waals surface area contributed by atoms with E-state index in [1.54, 1.807) is 0 Å². The van der Waals surface area contributed by atoms with Crippen LogP contribution in [0.3, 0.4) is 0 Å². The van der Waals surface area contributed by atoms with E-state index in [0.29, 0.717) is 5.75 Å². The molecule has 0 aromatic heterocycles. The highest BCUT2D eigenvalue weighted by molar-refractivity contribution is 5.58. The van der Waals surface area contributed by atoms with Crippen molar-refractivity contribution in [2.24, 2.45) is 0 Å². The third kappa shape index (κ3) is 3.35. The van der Waals surface area contributed by atoms with Gasteiger partial charge in [0, 0.05) is 11.6 Å². The predicted octanol–water partition coefficient (Wildman–Crippen LogP) is 3.94. The van der Waals surface area contributed by atoms with Gasteiger partial charge in [-0.2, -0.15) is 0 Å². The molecule has 0 N–H and O–H groups in total. The standard InChI is InChI=1S/C12H14F2O/c1-8(13)10-6-5-9(7-11(10)14)15-12(2,3)4/h5-7H,1H2,2-4H3. The van der Waals surface area contributed by atoms with Crippen LogP contribution < -0.4 is 4.74 Å². The van der Waals surface area contributed by atoms with Crippen LogP contribution in [0.4, 0.5) is 8.78 Å². The molecular formula is C12H14F2O. The normalized spacial score (nSPS) is 11.3. The van der Waals surface area contributed by atoms with Crippen molar-refractivity contribution in [2.75, 3.05) is 0 Å². The maximum Gasteiger partial charge on any atom is 0.137 e. The zero-order chi connectivity index (χ0) is 11.6. The van der Waals surface area contributed by atoms with Gasteiger partial charge in [0.15, 0.2) is 0 Å². The first kappa shape index (κ1) is 11.7. The quantitative estimate of drug-likeness (QED) is 0.721. The minimum atomic E-state index is -0.783. The Morgan fingerprint density at radius 1 is 1.33 bits per heavy atom. The Kier molecular flexibility index (Phi) is 3.12. The predicted molar refractivity (Wildman–Crippen MR) is 56.9 cm³/mol. The van der Waals surface area contributed by atoms with E-state index in [0.717, 1.165) is 6.07 Å². The zero-order valence-electron chi connectivity index (χ0n) is 9.10. The minimum Gasteiger partial charge on any atom is -0.488 e. The van der Waals surface area contributed by atoms with Gasteiger partial charge in [0.2, 0.25) is 0 Å². The van der Waals surface area contributed by atoms with Gasteiger partial charge in [0.1, 0.15) is 23.0 Å². The topological polar surface area (TPSA) is 9.23 Å². The van der Waals surface area contributed by atoms with Crippen molar-refractivity contribution in [3.8, 4) is 5.75 Å². The molecule has 82 valence electrons. The summed E-state index contributed by atoms with van der Waals surface area (Å²) in [6.07, 6.45) is 0. The van der Waals surface area contributed by atoms with Gasteiger partial charge >= 0.3 is 0 Å². The fourth-order valence-electron chi connectivity index (χ4n) is 1.13. The Morgan fingerprint density at radius 2 is 1.93 bits per heavy atom. The summed E-state index contributed by atoms with van der Waals surface area (Å²) in [4.78, 5) is 0. The molecule has 0 aliphatic heterocycles. The van der Waals surface area contributed by atoms with Gasteiger partial charge in [-0.25, -0.2) is 8.78 Å². The first-order chi connectivity index (χ1) is 6.79. The Balaban J connectivity index is 2.97. The van der Waals surface area contributed by atoms with E-state index in [9.17, 15) is 8.78 Å². The van der Waals surface area contributed by atoms with Gasteiger partial charge in [-0.15, -0.1) is 0 Å². The van der Waals surface area contributed by atoms with Gasteiger partial charge < -0.3 is 4.74 Å². The number of ether oxygens (including phenoxy) is 1. The lowest BCUT2D eigenvalue weighted by atomic mass is 10.1. The third-order valence-electron chi connectivity index (χ3n) is 1.66. The first-order valence-corrected chi connectivity index (χ1v) is 4.63. The monoisotopic (exact) mass is 212 g/mol. The smallest absolute Gasteiger partial charge is 0.137 e. The van der Waals surface area contributed by atoms with E-state index in [2.05, 4.69) is 6.58 Å². The summed E-state index contributed by atoms with van der Waals surface area (Å²) in [6.45, 7) is 8.61. The van der Waals surface area contributed by atoms with E-state index in [1.165, 1.54) is 12.1 Å². The van der Waals surface area contributed by atoms with Crippen LogP contribution in [0.15, 0.2) is 24.8 Å². The van der Waals surface area contributed by atoms with Crippen molar-refractivity contribution in [1.29, 1.82) is 0 Å². The first-order valence-electron chi connectivity index (χ1n) is 4.63. The van der Waals surface area contributed by atoms with Crippen LogP contribution in [0, 0.1) is 5.82 Å². The Bertz CT molecular complexity index is 378. The Hall–Kier alpha value is -1.38. The highest BCUT2D eigenvalue weighted by atomic mass is 19.1. The summed E-state index contributed by atoms with van der Waals surface area (Å²) in [5, 5.41) is 0. The highest BCUT2D eigenvalue weighted by Gasteiger charge is 2.13. The van der Waals surface area contributed by atoms with Crippen LogP contribution >= 0.6 is 0 Å². The van der Waals surface area contributed by atoms with Crippen molar-refractivity contribution >= 4 is 5.83 Å². The SMILES string of the molecule is C=C(F)c1ccc(OC(C)(C)C)cc1F. The number of hydrogen-bond acceptors (Lipinski definition) is 1. The van der Waals surface area contributed by atoms with E-state index < -0.39 is 17.2 Å². The number of benzene rings is 1. The molecule has 0 spiro atoms. The van der Waals surface area contributed by atoms with Gasteiger partial charge in [0.05, 0.1) is 0 Å². The zero-order valence-corrected chi connectivity index (χ0v) is 9.10. The maximum absolute atomic E-state index is 13.3. The minimum absolute atomic E-state index is 0.128. The van der Waals surface area contributed by atoms with Gasteiger partial charge in [-0.1, -0.05) is 6.58 Å². The maximum atomic E-state index is 13.3. The van der Waals surface area contributed by atoms with Crippen molar-refractivity contribution in [3.63, 3.8) is 0 Å². The average Bonchev–Trinajstić information content (AvgIpc) is 1.99. The Labute approximate surface area is 88.4 Å². The molecule has 1 nitrogen and oxygen atoms in total. The third-order valence-corrected chi connectivity index (χ3v) is 1.66. The summed E-state index contributed by atoms with van der Waals surface area (Å²) in [5.41, 5.74) is -0.531. The van der Waals surface area contributed by atoms with Crippen LogP contribution in [0.2, 0.25) is 0 Å². The fraction of sp³-hybridized carbons (Fsp3) is 0.333. The molecule has 1 aromatic rings. The van der Waals surface area contributed by atoms with E-state index in [1.807, 2.05) is 20.8 Å². The summed E-state index contributed by atoms with van der Waals surface area (Å²) in [6, 6.07) is 4.00. The average molecular weight is 212 g/mol. The van der Waals surface area contributed by atoms with Crippen molar-refractivity contribution in [3.05, 3.63) is 36.2 Å². The van der Waals surface area contributed by atoms with Crippen LogP contribution in [0.25, 0.3) is 5.83 Å². The second-order valence-electron chi connectivity index (χ2n) is 4.26. The largest absolute Gasteiger partial charge is 0.488 e. The van der Waals surface area contributed by atoms with Crippen molar-refractivity contribution in [1.82, 2.24) is 0 Å². The molecule has 0 unspecified atom stereocenters. The van der Waals surface area contributed by atoms with E-state index in [-0.39, 0.29) is 5.56 Å². The second kappa shape index (κ2) is 4.01. The van der Waals surface area contributed by atoms with Crippen LogP contribution in [0.1, 0.15) is 26.3 Å². The molecule has 0 saturated heterocycles. The molecule has 0 radical (unpaired) electrons. The molecule has 1 rings (SSSR count). The van der Waals surface area contributed by atoms with Gasteiger partial charge in [-0.05, 0) is 32.9 Å². The summed E-state index contributed by atoms with van der Waals surface area (Å²) in [7, 11) is 0. The molecule has 3 heteroatoms. The summed E-state index contributed by atoms with van der Waals surface area (Å²) in [5.74, 6) is -1.07. The van der Waals surface area contributed by atoms with Gasteiger partial charge in [0.25, 0.3) is 0 Å². The van der Waals surface area contributed by atoms with Gasteiger partial charge in [-0.3, -0.25) is 0 Å². The molecule has 15 heavy (non-hydrogen) atoms. The van der Waals surface area contributed by atoms with E-state index >= 15 is 0 Å². The summed E-state index contributed by atoms with van der Waals surface area (Å²) < 4.78 is 31.4. The Morgan fingerprint density at radius 3 is 2.33 bits per heavy atom. The molecule has 0 bridgehead atoms. The molecule has 1 aromatic carbocycles. The lowest BCUT2D eigenvalue weighted by Crippen LogP contribution is -2.23. The van der Waals surface area contributed by atoms with Crippen molar-refractivity contribution < 1.29 is 13.5 Å². The molecule has 0 aliphatic rings. The molecule has 0 fully saturated rings. The molecular weight excluding hydrogens is 198 g/mol. The fourth-order valence-corrected chi connectivity index (χ4v) is 1.13. The van der Waals surface area contributed by atoms with Crippen LogP contribution in [0.5, 0.6) is 5.75 Å². The van der Waals surface area contributed by atoms with E-state index in [4.69, 9.17) is 4.74 Å². The number of hydrogen-bond donors (Lipinski definition) is 0. The van der Waals surface area contributed by atoms with Crippen molar-refractivity contribution in [2.45, 2.75) is 26.4 Å². The van der Waals surface area contributed by atoms with Crippen LogP contribution in [-0.4, -0.2) is 5.60 Å². The number of rotatable bonds is 2. The molecule has 0 heterocycles. The molecule has 0 atom stereocenters. The summed E-state index contributed by atoms with van der Waals surface area (Å²) >= 11 is 0. The second-order valence-corrected chi connectivity index (χ2v) is 4.26. The van der Waals surface area contributed by atoms with Crippen LogP contribution in [-0.2, 0) is 0 Å². The number of halogens is 2.